The average Bonchev–Trinajstić information content (AvgIpc) is 2.48. The van der Waals surface area contributed by atoms with E-state index in [1.807, 2.05) is 6.92 Å². The van der Waals surface area contributed by atoms with Crippen molar-refractivity contribution in [2.75, 3.05) is 0 Å². The molecule has 2 aromatic rings. The zero-order valence-corrected chi connectivity index (χ0v) is 12.1. The summed E-state index contributed by atoms with van der Waals surface area (Å²) in [6.07, 6.45) is 6.59. The Labute approximate surface area is 120 Å². The quantitative estimate of drug-likeness (QED) is 0.885. The van der Waals surface area contributed by atoms with Crippen molar-refractivity contribution in [2.24, 2.45) is 5.73 Å². The van der Waals surface area contributed by atoms with Crippen LogP contribution in [0.25, 0.3) is 10.8 Å². The van der Waals surface area contributed by atoms with Gasteiger partial charge in [0.2, 0.25) is 0 Å². The van der Waals surface area contributed by atoms with Gasteiger partial charge in [0.05, 0.1) is 6.10 Å². The van der Waals surface area contributed by atoms with Gasteiger partial charge in [-0.15, -0.1) is 0 Å². The molecule has 106 valence electrons. The maximum absolute atomic E-state index is 6.38. The fourth-order valence-corrected chi connectivity index (χ4v) is 3.10. The SMILES string of the molecule is CC(N)c1ccc2ccccc2c1OC1CCCCC1. The third-order valence-electron chi connectivity index (χ3n) is 4.24. The molecule has 1 aliphatic rings. The van der Waals surface area contributed by atoms with Crippen molar-refractivity contribution in [2.45, 2.75) is 51.2 Å². The smallest absolute Gasteiger partial charge is 0.132 e. The number of nitrogens with two attached hydrogens (primary N) is 1. The summed E-state index contributed by atoms with van der Waals surface area (Å²) in [5.41, 5.74) is 7.25. The summed E-state index contributed by atoms with van der Waals surface area (Å²) in [6, 6.07) is 12.7. The standard InChI is InChI=1S/C18H23NO/c1-13(19)16-12-11-14-7-5-6-10-17(14)18(16)20-15-8-3-2-4-9-15/h5-7,10-13,15H,2-4,8-9,19H2,1H3. The minimum Gasteiger partial charge on any atom is -0.489 e. The van der Waals surface area contributed by atoms with E-state index >= 15 is 0 Å². The number of fused-ring (bicyclic) bond motifs is 1. The Kier molecular flexibility index (Phi) is 3.93. The zero-order valence-electron chi connectivity index (χ0n) is 12.1. The molecule has 2 N–H and O–H groups in total. The summed E-state index contributed by atoms with van der Waals surface area (Å²) in [5, 5.41) is 2.41. The molecule has 0 aromatic heterocycles. The highest BCUT2D eigenvalue weighted by Gasteiger charge is 2.19. The molecule has 1 aliphatic carbocycles. The van der Waals surface area contributed by atoms with E-state index < -0.39 is 0 Å². The van der Waals surface area contributed by atoms with E-state index in [1.165, 1.54) is 42.9 Å². The molecule has 2 aromatic carbocycles. The maximum Gasteiger partial charge on any atom is 0.132 e. The van der Waals surface area contributed by atoms with Crippen LogP contribution in [0.5, 0.6) is 5.75 Å². The van der Waals surface area contributed by atoms with Crippen LogP contribution in [0.1, 0.15) is 50.6 Å². The highest BCUT2D eigenvalue weighted by molar-refractivity contribution is 5.89. The van der Waals surface area contributed by atoms with Crippen LogP contribution >= 0.6 is 0 Å². The van der Waals surface area contributed by atoms with Crippen molar-refractivity contribution in [1.82, 2.24) is 0 Å². The van der Waals surface area contributed by atoms with E-state index in [0.29, 0.717) is 6.10 Å². The summed E-state index contributed by atoms with van der Waals surface area (Å²) in [5.74, 6) is 1.00. The van der Waals surface area contributed by atoms with Gasteiger partial charge in [-0.1, -0.05) is 42.8 Å². The fraction of sp³-hybridized carbons (Fsp3) is 0.444. The minimum absolute atomic E-state index is 0.00167. The Bertz CT molecular complexity index is 585. The lowest BCUT2D eigenvalue weighted by atomic mass is 9.96. The average molecular weight is 269 g/mol. The highest BCUT2D eigenvalue weighted by atomic mass is 16.5. The molecule has 2 nitrogen and oxygen atoms in total. The second-order valence-corrected chi connectivity index (χ2v) is 5.87. The molecule has 1 unspecified atom stereocenters. The molecule has 0 spiro atoms. The van der Waals surface area contributed by atoms with E-state index in [1.54, 1.807) is 0 Å². The molecule has 1 fully saturated rings. The lowest BCUT2D eigenvalue weighted by Crippen LogP contribution is -2.21. The van der Waals surface area contributed by atoms with Crippen molar-refractivity contribution in [1.29, 1.82) is 0 Å². The molecule has 20 heavy (non-hydrogen) atoms. The van der Waals surface area contributed by atoms with Crippen LogP contribution in [-0.4, -0.2) is 6.10 Å². The molecule has 1 saturated carbocycles. The molecule has 0 aliphatic heterocycles. The molecule has 0 saturated heterocycles. The third-order valence-corrected chi connectivity index (χ3v) is 4.24. The molecule has 0 radical (unpaired) electrons. The summed E-state index contributed by atoms with van der Waals surface area (Å²) in [6.45, 7) is 2.03. The molecule has 0 amide bonds. The zero-order chi connectivity index (χ0) is 13.9. The first-order valence-electron chi connectivity index (χ1n) is 7.69. The summed E-state index contributed by atoms with van der Waals surface area (Å²) in [7, 11) is 0. The van der Waals surface area contributed by atoms with E-state index in [-0.39, 0.29) is 6.04 Å². The van der Waals surface area contributed by atoms with Gasteiger partial charge in [0.15, 0.2) is 0 Å². The molecular formula is C18H23NO. The molecule has 3 rings (SSSR count). The van der Waals surface area contributed by atoms with Gasteiger partial charge in [-0.2, -0.15) is 0 Å². The number of ether oxygens (including phenoxy) is 1. The van der Waals surface area contributed by atoms with Gasteiger partial charge < -0.3 is 10.5 Å². The molecule has 0 heterocycles. The monoisotopic (exact) mass is 269 g/mol. The fourth-order valence-electron chi connectivity index (χ4n) is 3.10. The predicted octanol–water partition coefficient (Wildman–Crippen LogP) is 4.57. The first-order valence-corrected chi connectivity index (χ1v) is 7.69. The lowest BCUT2D eigenvalue weighted by Gasteiger charge is -2.26. The summed E-state index contributed by atoms with van der Waals surface area (Å²) >= 11 is 0. The highest BCUT2D eigenvalue weighted by Crippen LogP contribution is 2.35. The van der Waals surface area contributed by atoms with Gasteiger partial charge >= 0.3 is 0 Å². The Hall–Kier alpha value is -1.54. The van der Waals surface area contributed by atoms with Gasteiger partial charge in [-0.05, 0) is 38.0 Å². The number of hydrogen-bond donors (Lipinski definition) is 1. The third kappa shape index (κ3) is 2.66. The van der Waals surface area contributed by atoms with Crippen LogP contribution in [0.2, 0.25) is 0 Å². The van der Waals surface area contributed by atoms with Crippen LogP contribution in [0, 0.1) is 0 Å². The predicted molar refractivity (Wildman–Crippen MR) is 84.1 cm³/mol. The van der Waals surface area contributed by atoms with Crippen molar-refractivity contribution in [3.63, 3.8) is 0 Å². The lowest BCUT2D eigenvalue weighted by molar-refractivity contribution is 0.155. The normalized spacial score (nSPS) is 18.1. The maximum atomic E-state index is 6.38. The van der Waals surface area contributed by atoms with E-state index in [0.717, 1.165) is 11.3 Å². The van der Waals surface area contributed by atoms with Crippen molar-refractivity contribution < 1.29 is 4.74 Å². The second kappa shape index (κ2) is 5.84. The van der Waals surface area contributed by atoms with Crippen molar-refractivity contribution in [3.05, 3.63) is 42.0 Å². The van der Waals surface area contributed by atoms with Crippen LogP contribution in [0.4, 0.5) is 0 Å². The summed E-state index contributed by atoms with van der Waals surface area (Å²) in [4.78, 5) is 0. The van der Waals surface area contributed by atoms with Gasteiger partial charge in [0, 0.05) is 17.0 Å². The molecule has 1 atom stereocenters. The Morgan fingerprint density at radius 1 is 1.05 bits per heavy atom. The van der Waals surface area contributed by atoms with Gasteiger partial charge in [0.1, 0.15) is 5.75 Å². The summed E-state index contributed by atoms with van der Waals surface area (Å²) < 4.78 is 6.38. The van der Waals surface area contributed by atoms with Gasteiger partial charge in [0.25, 0.3) is 0 Å². The number of hydrogen-bond acceptors (Lipinski definition) is 2. The van der Waals surface area contributed by atoms with E-state index in [2.05, 4.69) is 36.4 Å². The minimum atomic E-state index is -0.00167. The molecule has 0 bridgehead atoms. The topological polar surface area (TPSA) is 35.2 Å². The van der Waals surface area contributed by atoms with Crippen LogP contribution in [-0.2, 0) is 0 Å². The van der Waals surface area contributed by atoms with Crippen LogP contribution < -0.4 is 10.5 Å². The van der Waals surface area contributed by atoms with Crippen molar-refractivity contribution >= 4 is 10.8 Å². The van der Waals surface area contributed by atoms with E-state index in [9.17, 15) is 0 Å². The molecular weight excluding hydrogens is 246 g/mol. The Morgan fingerprint density at radius 3 is 2.55 bits per heavy atom. The van der Waals surface area contributed by atoms with E-state index in [4.69, 9.17) is 10.5 Å². The van der Waals surface area contributed by atoms with Crippen molar-refractivity contribution in [3.8, 4) is 5.75 Å². The van der Waals surface area contributed by atoms with Gasteiger partial charge in [-0.25, -0.2) is 0 Å². The van der Waals surface area contributed by atoms with Crippen LogP contribution in [0.15, 0.2) is 36.4 Å². The first-order chi connectivity index (χ1) is 9.75. The second-order valence-electron chi connectivity index (χ2n) is 5.87. The van der Waals surface area contributed by atoms with Crippen LogP contribution in [0.3, 0.4) is 0 Å². The van der Waals surface area contributed by atoms with Gasteiger partial charge in [-0.3, -0.25) is 0 Å². The Morgan fingerprint density at radius 2 is 1.80 bits per heavy atom. The molecule has 2 heteroatoms. The number of benzene rings is 2. The number of rotatable bonds is 3. The first kappa shape index (κ1) is 13.4. The Balaban J connectivity index is 2.02. The largest absolute Gasteiger partial charge is 0.489 e.